The Labute approximate surface area is 99.1 Å². The summed E-state index contributed by atoms with van der Waals surface area (Å²) in [5, 5.41) is 0. The molecule has 1 saturated heterocycles. The Kier molecular flexibility index (Phi) is 3.56. The lowest BCUT2D eigenvalue weighted by molar-refractivity contribution is 0.00260. The minimum atomic E-state index is -0.405. The fourth-order valence-electron chi connectivity index (χ4n) is 2.20. The Morgan fingerprint density at radius 1 is 1.38 bits per heavy atom. The van der Waals surface area contributed by atoms with Gasteiger partial charge in [0.25, 0.3) is 0 Å². The molecule has 0 aromatic carbocycles. The Morgan fingerprint density at radius 2 is 1.94 bits per heavy atom. The number of likely N-dealkylation sites (tertiary alicyclic amines) is 1. The molecule has 3 nitrogen and oxygen atoms in total. The van der Waals surface area contributed by atoms with E-state index in [1.807, 2.05) is 25.7 Å². The number of carbonyl (C=O) groups is 1. The van der Waals surface area contributed by atoms with Gasteiger partial charge in [-0.3, -0.25) is 0 Å². The van der Waals surface area contributed by atoms with Crippen molar-refractivity contribution in [2.45, 2.75) is 65.5 Å². The van der Waals surface area contributed by atoms with Crippen LogP contribution >= 0.6 is 0 Å². The number of hydrogen-bond acceptors (Lipinski definition) is 2. The van der Waals surface area contributed by atoms with Gasteiger partial charge in [0.2, 0.25) is 0 Å². The lowest BCUT2D eigenvalue weighted by Crippen LogP contribution is -2.50. The van der Waals surface area contributed by atoms with Gasteiger partial charge in [-0.15, -0.1) is 0 Å². The molecule has 1 amide bonds. The van der Waals surface area contributed by atoms with Crippen LogP contribution < -0.4 is 0 Å². The summed E-state index contributed by atoms with van der Waals surface area (Å²) in [5.41, 5.74) is -0.445. The van der Waals surface area contributed by atoms with E-state index in [1.54, 1.807) is 0 Å². The van der Waals surface area contributed by atoms with Crippen molar-refractivity contribution in [2.24, 2.45) is 5.92 Å². The molecule has 1 fully saturated rings. The maximum absolute atomic E-state index is 12.1. The van der Waals surface area contributed by atoms with Crippen molar-refractivity contribution in [3.05, 3.63) is 0 Å². The van der Waals surface area contributed by atoms with Crippen LogP contribution in [0.5, 0.6) is 0 Å². The van der Waals surface area contributed by atoms with Crippen molar-refractivity contribution in [2.75, 3.05) is 6.54 Å². The summed E-state index contributed by atoms with van der Waals surface area (Å²) in [6.07, 6.45) is 1.99. The molecule has 16 heavy (non-hydrogen) atoms. The van der Waals surface area contributed by atoms with Crippen molar-refractivity contribution in [1.29, 1.82) is 0 Å². The van der Waals surface area contributed by atoms with Gasteiger partial charge in [0.05, 0.1) is 0 Å². The van der Waals surface area contributed by atoms with Gasteiger partial charge >= 0.3 is 6.09 Å². The van der Waals surface area contributed by atoms with E-state index in [0.717, 1.165) is 19.4 Å². The van der Waals surface area contributed by atoms with Gasteiger partial charge in [0, 0.05) is 12.1 Å². The zero-order chi connectivity index (χ0) is 12.6. The van der Waals surface area contributed by atoms with E-state index >= 15 is 0 Å². The predicted octanol–water partition coefficient (Wildman–Crippen LogP) is 3.43. The lowest BCUT2D eigenvalue weighted by Gasteiger charge is -2.39. The molecule has 0 bridgehead atoms. The molecule has 1 rings (SSSR count). The molecule has 0 N–H and O–H groups in total. The quantitative estimate of drug-likeness (QED) is 0.687. The number of hydrogen-bond donors (Lipinski definition) is 0. The molecule has 0 unspecified atom stereocenters. The highest BCUT2D eigenvalue weighted by Gasteiger charge is 2.43. The average Bonchev–Trinajstić information content (AvgIpc) is 2.45. The maximum Gasteiger partial charge on any atom is 0.410 e. The first-order valence-electron chi connectivity index (χ1n) is 6.17. The maximum atomic E-state index is 12.1. The Morgan fingerprint density at radius 3 is 2.38 bits per heavy atom. The second-order valence-corrected chi connectivity index (χ2v) is 6.25. The third-order valence-electron chi connectivity index (χ3n) is 3.54. The van der Waals surface area contributed by atoms with Crippen molar-refractivity contribution in [1.82, 2.24) is 4.90 Å². The third kappa shape index (κ3) is 2.69. The number of nitrogens with zero attached hydrogens (tertiary/aromatic N) is 1. The molecule has 1 atom stereocenters. The molecule has 0 saturated carbocycles. The van der Waals surface area contributed by atoms with Crippen molar-refractivity contribution < 1.29 is 9.53 Å². The first kappa shape index (κ1) is 13.3. The van der Waals surface area contributed by atoms with E-state index in [9.17, 15) is 4.79 Å². The number of carbonyl (C=O) groups excluding carboxylic acids is 1. The van der Waals surface area contributed by atoms with Crippen LogP contribution in [-0.4, -0.2) is 28.7 Å². The highest BCUT2D eigenvalue weighted by atomic mass is 16.6. The van der Waals surface area contributed by atoms with Crippen molar-refractivity contribution in [3.63, 3.8) is 0 Å². The lowest BCUT2D eigenvalue weighted by atomic mass is 9.86. The summed E-state index contributed by atoms with van der Waals surface area (Å²) in [6, 6.07) is 0. The largest absolute Gasteiger partial charge is 0.444 e. The SMILES string of the molecule is CC(C)[C@]1(C)CCCN1C(=O)OC(C)(C)C. The summed E-state index contributed by atoms with van der Waals surface area (Å²) in [5.74, 6) is 0.461. The molecule has 0 aromatic rings. The first-order chi connectivity index (χ1) is 7.17. The summed E-state index contributed by atoms with van der Waals surface area (Å²) < 4.78 is 5.45. The van der Waals surface area contributed by atoms with Crippen molar-refractivity contribution >= 4 is 6.09 Å². The van der Waals surface area contributed by atoms with Gasteiger partial charge in [0.1, 0.15) is 5.60 Å². The zero-order valence-electron chi connectivity index (χ0n) is 11.5. The standard InChI is InChI=1S/C13H25NO2/c1-10(2)13(6)8-7-9-14(13)11(15)16-12(3,4)5/h10H,7-9H2,1-6H3/t13-/m0/s1. The van der Waals surface area contributed by atoms with Crippen LogP contribution in [0.3, 0.4) is 0 Å². The van der Waals surface area contributed by atoms with E-state index in [4.69, 9.17) is 4.74 Å². The van der Waals surface area contributed by atoms with Gasteiger partial charge < -0.3 is 9.64 Å². The Bertz CT molecular complexity index is 268. The number of ether oxygens (including phenoxy) is 1. The highest BCUT2D eigenvalue weighted by Crippen LogP contribution is 2.36. The topological polar surface area (TPSA) is 29.5 Å². The molecular weight excluding hydrogens is 202 g/mol. The van der Waals surface area contributed by atoms with Crippen LogP contribution in [0.2, 0.25) is 0 Å². The second kappa shape index (κ2) is 4.27. The molecule has 0 spiro atoms. The van der Waals surface area contributed by atoms with E-state index in [2.05, 4.69) is 20.8 Å². The van der Waals surface area contributed by atoms with Gasteiger partial charge in [-0.05, 0) is 46.5 Å². The summed E-state index contributed by atoms with van der Waals surface area (Å²) in [6.45, 7) is 13.1. The zero-order valence-corrected chi connectivity index (χ0v) is 11.5. The Balaban J connectivity index is 2.76. The van der Waals surface area contributed by atoms with Crippen molar-refractivity contribution in [3.8, 4) is 0 Å². The van der Waals surface area contributed by atoms with Crippen LogP contribution in [0.4, 0.5) is 4.79 Å². The second-order valence-electron chi connectivity index (χ2n) is 6.25. The third-order valence-corrected chi connectivity index (χ3v) is 3.54. The molecule has 1 aliphatic rings. The Hall–Kier alpha value is -0.730. The smallest absolute Gasteiger partial charge is 0.410 e. The fraction of sp³-hybridized carbons (Fsp3) is 0.923. The summed E-state index contributed by atoms with van der Waals surface area (Å²) in [7, 11) is 0. The molecular formula is C13H25NO2. The van der Waals surface area contributed by atoms with E-state index in [1.165, 1.54) is 0 Å². The summed E-state index contributed by atoms with van der Waals surface area (Å²) in [4.78, 5) is 14.0. The minimum Gasteiger partial charge on any atom is -0.444 e. The molecule has 1 heterocycles. The van der Waals surface area contributed by atoms with Crippen LogP contribution in [-0.2, 0) is 4.74 Å². The van der Waals surface area contributed by atoms with E-state index in [-0.39, 0.29) is 11.6 Å². The molecule has 0 aliphatic carbocycles. The number of rotatable bonds is 1. The van der Waals surface area contributed by atoms with Crippen LogP contribution in [0.15, 0.2) is 0 Å². The fourth-order valence-corrected chi connectivity index (χ4v) is 2.20. The number of amides is 1. The summed E-state index contributed by atoms with van der Waals surface area (Å²) >= 11 is 0. The normalized spacial score (nSPS) is 26.3. The van der Waals surface area contributed by atoms with E-state index < -0.39 is 5.60 Å². The molecule has 1 aliphatic heterocycles. The monoisotopic (exact) mass is 227 g/mol. The van der Waals surface area contributed by atoms with Crippen LogP contribution in [0.1, 0.15) is 54.4 Å². The van der Waals surface area contributed by atoms with Gasteiger partial charge in [-0.25, -0.2) is 4.79 Å². The van der Waals surface area contributed by atoms with E-state index in [0.29, 0.717) is 5.92 Å². The minimum absolute atomic E-state index is 0.0394. The first-order valence-corrected chi connectivity index (χ1v) is 6.17. The van der Waals surface area contributed by atoms with Gasteiger partial charge in [-0.2, -0.15) is 0 Å². The van der Waals surface area contributed by atoms with Crippen LogP contribution in [0.25, 0.3) is 0 Å². The highest BCUT2D eigenvalue weighted by molar-refractivity contribution is 5.69. The molecule has 0 aromatic heterocycles. The molecule has 3 heteroatoms. The predicted molar refractivity (Wildman–Crippen MR) is 65.4 cm³/mol. The van der Waals surface area contributed by atoms with Gasteiger partial charge in [0.15, 0.2) is 0 Å². The molecule has 94 valence electrons. The molecule has 0 radical (unpaired) electrons. The average molecular weight is 227 g/mol. The van der Waals surface area contributed by atoms with Gasteiger partial charge in [-0.1, -0.05) is 13.8 Å². The van der Waals surface area contributed by atoms with Crippen LogP contribution in [0, 0.1) is 5.92 Å².